The van der Waals surface area contributed by atoms with Crippen molar-refractivity contribution in [3.05, 3.63) is 58.1 Å². The molecule has 1 saturated heterocycles. The number of likely N-dealkylation sites (tertiary alicyclic amines) is 1. The number of nitrogens with zero attached hydrogens (tertiary/aromatic N) is 2. The Morgan fingerprint density at radius 3 is 2.70 bits per heavy atom. The third-order valence-corrected chi connectivity index (χ3v) is 5.41. The first kappa shape index (κ1) is 21.4. The average molecular weight is 413 g/mol. The van der Waals surface area contributed by atoms with Crippen LogP contribution in [0.2, 0.25) is 0 Å². The highest BCUT2D eigenvalue weighted by atomic mass is 16.6. The number of carbonyl (C=O) groups is 1. The van der Waals surface area contributed by atoms with E-state index in [1.165, 1.54) is 12.1 Å². The van der Waals surface area contributed by atoms with E-state index in [9.17, 15) is 14.9 Å². The molecule has 1 fully saturated rings. The molecule has 0 radical (unpaired) electrons. The van der Waals surface area contributed by atoms with Gasteiger partial charge in [0.25, 0.3) is 5.69 Å². The number of benzene rings is 2. The Labute approximate surface area is 175 Å². The minimum Gasteiger partial charge on any atom is -0.493 e. The minimum atomic E-state index is -0.470. The molecule has 30 heavy (non-hydrogen) atoms. The molecular formula is C22H27N3O5. The van der Waals surface area contributed by atoms with Crippen LogP contribution in [0.25, 0.3) is 0 Å². The highest BCUT2D eigenvalue weighted by Crippen LogP contribution is 2.29. The van der Waals surface area contributed by atoms with Crippen molar-refractivity contribution in [2.75, 3.05) is 26.1 Å². The van der Waals surface area contributed by atoms with Gasteiger partial charge in [-0.1, -0.05) is 12.1 Å². The predicted molar refractivity (Wildman–Crippen MR) is 114 cm³/mol. The van der Waals surface area contributed by atoms with Gasteiger partial charge in [0.1, 0.15) is 0 Å². The maximum atomic E-state index is 12.9. The van der Waals surface area contributed by atoms with Gasteiger partial charge in [-0.15, -0.1) is 0 Å². The number of hydrogen-bond acceptors (Lipinski definition) is 5. The van der Waals surface area contributed by atoms with E-state index in [1.807, 2.05) is 23.1 Å². The second-order valence-electron chi connectivity index (χ2n) is 7.31. The van der Waals surface area contributed by atoms with E-state index >= 15 is 0 Å². The molecule has 2 amide bonds. The van der Waals surface area contributed by atoms with Gasteiger partial charge >= 0.3 is 6.03 Å². The summed E-state index contributed by atoms with van der Waals surface area (Å²) in [6, 6.07) is 11.8. The van der Waals surface area contributed by atoms with Gasteiger partial charge in [-0.3, -0.25) is 10.1 Å². The van der Waals surface area contributed by atoms with Crippen molar-refractivity contribution in [2.24, 2.45) is 0 Å². The summed E-state index contributed by atoms with van der Waals surface area (Å²) in [4.78, 5) is 25.2. The van der Waals surface area contributed by atoms with Crippen LogP contribution in [0.3, 0.4) is 0 Å². The number of nitrogens with one attached hydrogen (secondary N) is 1. The zero-order chi connectivity index (χ0) is 21.5. The van der Waals surface area contributed by atoms with E-state index < -0.39 is 4.92 Å². The molecule has 0 aromatic heterocycles. The lowest BCUT2D eigenvalue weighted by atomic mass is 9.96. The maximum Gasteiger partial charge on any atom is 0.322 e. The summed E-state index contributed by atoms with van der Waals surface area (Å²) in [6.45, 7) is 0.678. The number of aryl methyl sites for hydroxylation is 1. The van der Waals surface area contributed by atoms with Crippen LogP contribution >= 0.6 is 0 Å². The van der Waals surface area contributed by atoms with Crippen LogP contribution in [-0.4, -0.2) is 42.7 Å². The van der Waals surface area contributed by atoms with E-state index in [0.29, 0.717) is 23.7 Å². The van der Waals surface area contributed by atoms with Crippen molar-refractivity contribution in [1.82, 2.24) is 4.90 Å². The van der Waals surface area contributed by atoms with E-state index in [1.54, 1.807) is 26.4 Å². The topological polar surface area (TPSA) is 93.9 Å². The summed E-state index contributed by atoms with van der Waals surface area (Å²) in [7, 11) is 3.22. The first-order valence-electron chi connectivity index (χ1n) is 10.0. The Kier molecular flexibility index (Phi) is 7.11. The van der Waals surface area contributed by atoms with Gasteiger partial charge < -0.3 is 19.7 Å². The van der Waals surface area contributed by atoms with Crippen molar-refractivity contribution in [1.29, 1.82) is 0 Å². The zero-order valence-corrected chi connectivity index (χ0v) is 17.3. The summed E-state index contributed by atoms with van der Waals surface area (Å²) in [5.41, 5.74) is 1.51. The quantitative estimate of drug-likeness (QED) is 0.527. The first-order valence-corrected chi connectivity index (χ1v) is 10.0. The Bertz CT molecular complexity index is 902. The molecule has 8 heteroatoms. The Balaban J connectivity index is 1.65. The first-order chi connectivity index (χ1) is 14.5. The number of hydrogen-bond donors (Lipinski definition) is 1. The number of methoxy groups -OCH3 is 2. The lowest BCUT2D eigenvalue weighted by Gasteiger charge is -2.36. The smallest absolute Gasteiger partial charge is 0.322 e. The molecule has 2 aromatic carbocycles. The van der Waals surface area contributed by atoms with Crippen LogP contribution in [0.5, 0.6) is 11.5 Å². The normalized spacial score (nSPS) is 16.1. The van der Waals surface area contributed by atoms with Crippen molar-refractivity contribution < 1.29 is 19.2 Å². The second-order valence-corrected chi connectivity index (χ2v) is 7.31. The largest absolute Gasteiger partial charge is 0.493 e. The third-order valence-electron chi connectivity index (χ3n) is 5.41. The minimum absolute atomic E-state index is 0.0450. The molecule has 3 rings (SSSR count). The number of ether oxygens (including phenoxy) is 2. The van der Waals surface area contributed by atoms with E-state index in [4.69, 9.17) is 9.47 Å². The molecule has 1 unspecified atom stereocenters. The number of nitro groups is 1. The fourth-order valence-electron chi connectivity index (χ4n) is 3.83. The number of non-ortho nitro benzene ring substituents is 1. The van der Waals surface area contributed by atoms with E-state index in [-0.39, 0.29) is 17.8 Å². The van der Waals surface area contributed by atoms with Crippen LogP contribution in [0, 0.1) is 10.1 Å². The van der Waals surface area contributed by atoms with Crippen LogP contribution in [0.4, 0.5) is 16.2 Å². The fourth-order valence-corrected chi connectivity index (χ4v) is 3.83. The molecule has 1 aliphatic heterocycles. The van der Waals surface area contributed by atoms with Gasteiger partial charge in [-0.05, 0) is 55.9 Å². The number of nitro benzene ring substituents is 1. The van der Waals surface area contributed by atoms with Crippen LogP contribution in [0.15, 0.2) is 42.5 Å². The number of urea groups is 1. The molecule has 160 valence electrons. The zero-order valence-electron chi connectivity index (χ0n) is 17.3. The lowest BCUT2D eigenvalue weighted by Crippen LogP contribution is -2.46. The van der Waals surface area contributed by atoms with Crippen molar-refractivity contribution in [3.63, 3.8) is 0 Å². The van der Waals surface area contributed by atoms with Gasteiger partial charge in [0.15, 0.2) is 11.5 Å². The molecule has 0 spiro atoms. The van der Waals surface area contributed by atoms with Gasteiger partial charge in [0, 0.05) is 30.4 Å². The highest BCUT2D eigenvalue weighted by molar-refractivity contribution is 5.90. The van der Waals surface area contributed by atoms with Crippen molar-refractivity contribution in [2.45, 2.75) is 38.1 Å². The fraction of sp³-hybridized carbons (Fsp3) is 0.409. The number of amides is 2. The van der Waals surface area contributed by atoms with Crippen LogP contribution in [-0.2, 0) is 6.42 Å². The monoisotopic (exact) mass is 413 g/mol. The summed E-state index contributed by atoms with van der Waals surface area (Å²) >= 11 is 0. The Morgan fingerprint density at radius 1 is 1.17 bits per heavy atom. The molecule has 2 aromatic rings. The van der Waals surface area contributed by atoms with E-state index in [2.05, 4.69) is 5.32 Å². The predicted octanol–water partition coefficient (Wildman–Crippen LogP) is 4.63. The molecule has 0 aliphatic carbocycles. The van der Waals surface area contributed by atoms with Crippen molar-refractivity contribution >= 4 is 17.4 Å². The molecule has 1 atom stereocenters. The molecule has 8 nitrogen and oxygen atoms in total. The highest BCUT2D eigenvalue weighted by Gasteiger charge is 2.27. The maximum absolute atomic E-state index is 12.9. The van der Waals surface area contributed by atoms with Gasteiger partial charge in [0.2, 0.25) is 0 Å². The number of anilines is 1. The summed E-state index contributed by atoms with van der Waals surface area (Å²) in [5, 5.41) is 13.8. The SMILES string of the molecule is COc1ccc(CCC2CCCCN2C(=O)Nc2cccc([N+](=O)[O-])c2)cc1OC. The molecule has 0 saturated carbocycles. The third kappa shape index (κ3) is 5.20. The van der Waals surface area contributed by atoms with E-state index in [0.717, 1.165) is 37.7 Å². The molecule has 1 N–H and O–H groups in total. The summed E-state index contributed by atoms with van der Waals surface area (Å²) in [6.07, 6.45) is 4.62. The average Bonchev–Trinajstić information content (AvgIpc) is 2.77. The Hall–Kier alpha value is -3.29. The lowest BCUT2D eigenvalue weighted by molar-refractivity contribution is -0.384. The van der Waals surface area contributed by atoms with Crippen LogP contribution < -0.4 is 14.8 Å². The number of carbonyl (C=O) groups excluding carboxylic acids is 1. The van der Waals surface area contributed by atoms with Crippen LogP contribution in [0.1, 0.15) is 31.2 Å². The molecule has 1 aliphatic rings. The van der Waals surface area contributed by atoms with Gasteiger partial charge in [-0.2, -0.15) is 0 Å². The second kappa shape index (κ2) is 9.96. The van der Waals surface area contributed by atoms with Crippen molar-refractivity contribution in [3.8, 4) is 11.5 Å². The summed E-state index contributed by atoms with van der Waals surface area (Å²) in [5.74, 6) is 1.38. The Morgan fingerprint density at radius 2 is 1.97 bits per heavy atom. The van der Waals surface area contributed by atoms with Gasteiger partial charge in [0.05, 0.1) is 19.1 Å². The number of piperidine rings is 1. The summed E-state index contributed by atoms with van der Waals surface area (Å²) < 4.78 is 10.7. The standard InChI is InChI=1S/C22H27N3O5/c1-29-20-12-10-16(14-21(20)30-2)9-11-18-7-3-4-13-24(18)22(26)23-17-6-5-8-19(15-17)25(27)28/h5-6,8,10,12,14-15,18H,3-4,7,9,11,13H2,1-2H3,(H,23,26). The molecule has 0 bridgehead atoms. The molecule has 1 heterocycles. The molecular weight excluding hydrogens is 386 g/mol. The van der Waals surface area contributed by atoms with Gasteiger partial charge in [-0.25, -0.2) is 4.79 Å². The number of rotatable bonds is 7.